The molecule has 0 radical (unpaired) electrons. The first-order valence-corrected chi connectivity index (χ1v) is 9.03. The third kappa shape index (κ3) is 7.09. The average Bonchev–Trinajstić information content (AvgIpc) is 3.04. The van der Waals surface area contributed by atoms with E-state index < -0.39 is 23.8 Å². The summed E-state index contributed by atoms with van der Waals surface area (Å²) in [7, 11) is 0. The largest absolute Gasteiger partial charge is 0.481 e. The normalized spacial score (nSPS) is 10.3. The number of benzene rings is 1. The van der Waals surface area contributed by atoms with Gasteiger partial charge in [-0.05, 0) is 25.0 Å². The van der Waals surface area contributed by atoms with E-state index in [4.69, 9.17) is 10.2 Å². The highest BCUT2D eigenvalue weighted by Crippen LogP contribution is 2.25. The minimum Gasteiger partial charge on any atom is -0.481 e. The summed E-state index contributed by atoms with van der Waals surface area (Å²) in [6, 6.07) is 8.94. The summed E-state index contributed by atoms with van der Waals surface area (Å²) in [5.74, 6) is -2.54. The fraction of sp³-hybridized carbons (Fsp3) is 0.316. The van der Waals surface area contributed by atoms with Crippen LogP contribution in [0.5, 0.6) is 0 Å². The Labute approximate surface area is 166 Å². The summed E-state index contributed by atoms with van der Waals surface area (Å²) in [6.07, 6.45) is 1.51. The topological polar surface area (TPSA) is 151 Å². The van der Waals surface area contributed by atoms with Gasteiger partial charge in [0.25, 0.3) is 0 Å². The lowest BCUT2D eigenvalue weighted by Crippen LogP contribution is -2.18. The molecule has 0 aliphatic heterocycles. The summed E-state index contributed by atoms with van der Waals surface area (Å²) >= 11 is 0. The molecule has 1 aromatic carbocycles. The van der Waals surface area contributed by atoms with Crippen molar-refractivity contribution in [2.45, 2.75) is 38.5 Å². The maximum atomic E-state index is 12.2. The van der Waals surface area contributed by atoms with Gasteiger partial charge < -0.3 is 20.8 Å². The molecule has 10 nitrogen and oxygen atoms in total. The van der Waals surface area contributed by atoms with Crippen molar-refractivity contribution in [3.05, 3.63) is 36.5 Å². The molecule has 0 saturated heterocycles. The minimum absolute atomic E-state index is 0.00172. The Bertz CT molecular complexity index is 878. The molecule has 4 N–H and O–H groups in total. The van der Waals surface area contributed by atoms with Gasteiger partial charge in [0.05, 0.1) is 11.9 Å². The van der Waals surface area contributed by atoms with Crippen molar-refractivity contribution < 1.29 is 29.4 Å². The molecular weight excluding hydrogens is 380 g/mol. The van der Waals surface area contributed by atoms with Gasteiger partial charge in [-0.25, -0.2) is 4.68 Å². The first-order valence-electron chi connectivity index (χ1n) is 9.03. The van der Waals surface area contributed by atoms with Gasteiger partial charge in [-0.2, -0.15) is 5.10 Å². The maximum absolute atomic E-state index is 12.2. The number of rotatable bonds is 11. The molecule has 2 amide bonds. The van der Waals surface area contributed by atoms with Crippen molar-refractivity contribution in [2.24, 2.45) is 0 Å². The van der Waals surface area contributed by atoms with Crippen molar-refractivity contribution in [2.75, 3.05) is 10.6 Å². The van der Waals surface area contributed by atoms with Crippen LogP contribution in [-0.2, 0) is 19.2 Å². The third-order valence-electron chi connectivity index (χ3n) is 3.89. The zero-order valence-corrected chi connectivity index (χ0v) is 15.6. The Balaban J connectivity index is 2.14. The van der Waals surface area contributed by atoms with E-state index in [0.29, 0.717) is 5.69 Å². The molecule has 0 spiro atoms. The Morgan fingerprint density at radius 2 is 1.38 bits per heavy atom. The molecule has 0 unspecified atom stereocenters. The molecule has 0 aliphatic rings. The Morgan fingerprint density at radius 3 is 1.93 bits per heavy atom. The smallest absolute Gasteiger partial charge is 0.303 e. The van der Waals surface area contributed by atoms with Gasteiger partial charge in [0.15, 0.2) is 5.82 Å². The first-order chi connectivity index (χ1) is 13.9. The fourth-order valence-corrected chi connectivity index (χ4v) is 2.53. The lowest BCUT2D eigenvalue weighted by atomic mass is 10.2. The second-order valence-electron chi connectivity index (χ2n) is 6.25. The van der Waals surface area contributed by atoms with E-state index in [1.165, 1.54) is 10.9 Å². The van der Waals surface area contributed by atoms with Crippen LogP contribution in [0.4, 0.5) is 11.5 Å². The number of aromatic nitrogens is 2. The van der Waals surface area contributed by atoms with Crippen molar-refractivity contribution in [1.82, 2.24) is 9.78 Å². The summed E-state index contributed by atoms with van der Waals surface area (Å²) in [4.78, 5) is 45.5. The van der Waals surface area contributed by atoms with Crippen LogP contribution in [0.3, 0.4) is 0 Å². The number of carboxylic acids is 2. The van der Waals surface area contributed by atoms with Crippen molar-refractivity contribution in [3.8, 4) is 5.69 Å². The number of carbonyl (C=O) groups is 4. The number of carboxylic acid groups (broad SMARTS) is 2. The van der Waals surface area contributed by atoms with E-state index in [0.717, 1.165) is 0 Å². The molecule has 10 heteroatoms. The van der Waals surface area contributed by atoms with Crippen LogP contribution < -0.4 is 10.6 Å². The predicted molar refractivity (Wildman–Crippen MR) is 104 cm³/mol. The van der Waals surface area contributed by atoms with Crippen LogP contribution >= 0.6 is 0 Å². The number of anilines is 2. The third-order valence-corrected chi connectivity index (χ3v) is 3.89. The summed E-state index contributed by atoms with van der Waals surface area (Å²) in [6.45, 7) is 0. The zero-order valence-electron chi connectivity index (χ0n) is 15.6. The second kappa shape index (κ2) is 10.6. The highest BCUT2D eigenvalue weighted by Gasteiger charge is 2.17. The Kier molecular flexibility index (Phi) is 7.89. The van der Waals surface area contributed by atoms with Crippen LogP contribution in [0.25, 0.3) is 5.69 Å². The Hall–Kier alpha value is -3.69. The van der Waals surface area contributed by atoms with E-state index in [9.17, 15) is 19.2 Å². The van der Waals surface area contributed by atoms with E-state index in [1.807, 2.05) is 6.07 Å². The van der Waals surface area contributed by atoms with Crippen molar-refractivity contribution in [3.63, 3.8) is 0 Å². The quantitative estimate of drug-likeness (QED) is 0.450. The number of aliphatic carboxylic acids is 2. The second-order valence-corrected chi connectivity index (χ2v) is 6.25. The monoisotopic (exact) mass is 402 g/mol. The van der Waals surface area contributed by atoms with Crippen LogP contribution in [-0.4, -0.2) is 43.7 Å². The molecule has 0 atom stereocenters. The molecule has 154 valence electrons. The average molecular weight is 402 g/mol. The van der Waals surface area contributed by atoms with Gasteiger partial charge in [-0.1, -0.05) is 18.2 Å². The summed E-state index contributed by atoms with van der Waals surface area (Å²) in [5, 5.41) is 26.9. The lowest BCUT2D eigenvalue weighted by molar-refractivity contribution is -0.138. The number of para-hydroxylation sites is 1. The number of hydrogen-bond acceptors (Lipinski definition) is 5. The van der Waals surface area contributed by atoms with Crippen LogP contribution in [0.1, 0.15) is 38.5 Å². The number of nitrogens with zero attached hydrogens (tertiary/aromatic N) is 2. The van der Waals surface area contributed by atoms with E-state index in [1.54, 1.807) is 24.3 Å². The molecule has 1 heterocycles. The van der Waals surface area contributed by atoms with E-state index >= 15 is 0 Å². The number of carbonyl (C=O) groups excluding carboxylic acids is 2. The minimum atomic E-state index is -0.985. The molecular formula is C19H22N4O6. The van der Waals surface area contributed by atoms with Gasteiger partial charge in [-0.15, -0.1) is 0 Å². The standard InChI is InChI=1S/C19H22N4O6/c24-15(8-4-10-17(26)27)21-14-12-20-23(13-6-2-1-3-7-13)19(14)22-16(25)9-5-11-18(28)29/h1-3,6-7,12H,4-5,8-11H2,(H,21,24)(H,22,25)(H,26,27)(H,28,29). The highest BCUT2D eigenvalue weighted by atomic mass is 16.4. The Morgan fingerprint density at radius 1 is 0.828 bits per heavy atom. The predicted octanol–water partition coefficient (Wildman–Crippen LogP) is 2.26. The van der Waals surface area contributed by atoms with E-state index in [-0.39, 0.29) is 50.0 Å². The molecule has 0 aliphatic carbocycles. The van der Waals surface area contributed by atoms with Crippen LogP contribution in [0.2, 0.25) is 0 Å². The SMILES string of the molecule is O=C(O)CCCC(=O)Nc1cnn(-c2ccccc2)c1NC(=O)CCCC(=O)O. The molecule has 29 heavy (non-hydrogen) atoms. The number of nitrogens with one attached hydrogen (secondary N) is 2. The van der Waals surface area contributed by atoms with Crippen LogP contribution in [0.15, 0.2) is 36.5 Å². The van der Waals surface area contributed by atoms with Gasteiger partial charge in [0.1, 0.15) is 5.69 Å². The lowest BCUT2D eigenvalue weighted by Gasteiger charge is -2.12. The van der Waals surface area contributed by atoms with Crippen molar-refractivity contribution >= 4 is 35.3 Å². The van der Waals surface area contributed by atoms with Gasteiger partial charge >= 0.3 is 11.9 Å². The van der Waals surface area contributed by atoms with Crippen LogP contribution in [0, 0.1) is 0 Å². The van der Waals surface area contributed by atoms with Gasteiger partial charge in [0.2, 0.25) is 11.8 Å². The maximum Gasteiger partial charge on any atom is 0.303 e. The summed E-state index contributed by atoms with van der Waals surface area (Å²) < 4.78 is 1.45. The molecule has 0 saturated carbocycles. The number of amides is 2. The zero-order chi connectivity index (χ0) is 21.2. The fourth-order valence-electron chi connectivity index (χ4n) is 2.53. The molecule has 0 bridgehead atoms. The van der Waals surface area contributed by atoms with Gasteiger partial charge in [0, 0.05) is 25.7 Å². The molecule has 0 fully saturated rings. The highest BCUT2D eigenvalue weighted by molar-refractivity contribution is 5.98. The molecule has 1 aromatic heterocycles. The molecule has 2 aromatic rings. The van der Waals surface area contributed by atoms with Crippen molar-refractivity contribution in [1.29, 1.82) is 0 Å². The summed E-state index contributed by atoms with van der Waals surface area (Å²) in [5.41, 5.74) is 0.917. The number of hydrogen-bond donors (Lipinski definition) is 4. The molecule has 2 rings (SSSR count). The van der Waals surface area contributed by atoms with Gasteiger partial charge in [-0.3, -0.25) is 19.2 Å². The first kappa shape index (κ1) is 21.6. The van der Waals surface area contributed by atoms with E-state index in [2.05, 4.69) is 15.7 Å².